The number of amides is 2. The van der Waals surface area contributed by atoms with Gasteiger partial charge in [-0.1, -0.05) is 25.1 Å². The summed E-state index contributed by atoms with van der Waals surface area (Å²) in [5.41, 5.74) is 4.07. The molecule has 2 heterocycles. The Morgan fingerprint density at radius 3 is 2.62 bits per heavy atom. The summed E-state index contributed by atoms with van der Waals surface area (Å²) in [6.45, 7) is 8.80. The van der Waals surface area contributed by atoms with Crippen LogP contribution < -0.4 is 5.32 Å². The number of carbonyl (C=O) groups excluding carboxylic acids is 2. The van der Waals surface area contributed by atoms with Crippen molar-refractivity contribution in [2.24, 2.45) is 17.3 Å². The highest BCUT2D eigenvalue weighted by Gasteiger charge is 2.67. The number of nitrogens with one attached hydrogen (secondary N) is 1. The third kappa shape index (κ3) is 2.15. The zero-order valence-electron chi connectivity index (χ0n) is 15.7. The molecule has 0 aromatic heterocycles. The average Bonchev–Trinajstić information content (AvgIpc) is 2.87. The van der Waals surface area contributed by atoms with E-state index in [1.54, 1.807) is 0 Å². The Kier molecular flexibility index (Phi) is 3.12. The van der Waals surface area contributed by atoms with Crippen LogP contribution >= 0.6 is 0 Å². The number of carbonyl (C=O) groups is 2. The molecule has 0 bridgehead atoms. The minimum atomic E-state index is -0.345. The number of hydrogen-bond donors (Lipinski definition) is 1. The standard InChI is InChI=1S/C21H26N2O3/c1-12-4-5-14(6-13(12)2)17-16-9-23(10-20(16,17)3)18(24)15-7-21(8-15)11-26-19(25)22-21/h4-6,15-17H,7-11H2,1-3H3,(H,22,25)/t15-,16-,17-,20-,21+/m0/s1. The molecule has 2 saturated carbocycles. The molecule has 2 aliphatic carbocycles. The van der Waals surface area contributed by atoms with Crippen LogP contribution in [0.3, 0.4) is 0 Å². The van der Waals surface area contributed by atoms with E-state index in [9.17, 15) is 9.59 Å². The lowest BCUT2D eigenvalue weighted by Crippen LogP contribution is -2.58. The van der Waals surface area contributed by atoms with E-state index in [4.69, 9.17) is 4.74 Å². The lowest BCUT2D eigenvalue weighted by atomic mass is 9.68. The van der Waals surface area contributed by atoms with Gasteiger partial charge in [0.05, 0.1) is 5.54 Å². The van der Waals surface area contributed by atoms with Gasteiger partial charge >= 0.3 is 6.09 Å². The summed E-state index contributed by atoms with van der Waals surface area (Å²) in [5.74, 6) is 1.47. The number of fused-ring (bicyclic) bond motifs is 1. The van der Waals surface area contributed by atoms with Gasteiger partial charge in [0.25, 0.3) is 0 Å². The maximum Gasteiger partial charge on any atom is 0.407 e. The number of alkyl carbamates (subject to hydrolysis) is 1. The van der Waals surface area contributed by atoms with E-state index in [2.05, 4.69) is 49.2 Å². The summed E-state index contributed by atoms with van der Waals surface area (Å²) in [6, 6.07) is 6.81. The summed E-state index contributed by atoms with van der Waals surface area (Å²) < 4.78 is 5.01. The topological polar surface area (TPSA) is 58.6 Å². The molecule has 5 nitrogen and oxygen atoms in total. The van der Waals surface area contributed by atoms with E-state index in [0.717, 1.165) is 25.9 Å². The predicted molar refractivity (Wildman–Crippen MR) is 96.8 cm³/mol. The molecule has 2 aliphatic heterocycles. The Hall–Kier alpha value is -2.04. The van der Waals surface area contributed by atoms with Gasteiger partial charge in [-0.25, -0.2) is 4.79 Å². The highest BCUT2D eigenvalue weighted by Crippen LogP contribution is 2.68. The van der Waals surface area contributed by atoms with Crippen molar-refractivity contribution in [2.75, 3.05) is 19.7 Å². The predicted octanol–water partition coefficient (Wildman–Crippen LogP) is 2.75. The first-order chi connectivity index (χ1) is 12.3. The molecule has 0 unspecified atom stereocenters. The van der Waals surface area contributed by atoms with Crippen molar-refractivity contribution in [1.82, 2.24) is 10.2 Å². The normalized spacial score (nSPS) is 40.0. The van der Waals surface area contributed by atoms with Crippen LogP contribution in [-0.4, -0.2) is 42.1 Å². The third-order valence-electron chi connectivity index (χ3n) is 7.47. The first-order valence-electron chi connectivity index (χ1n) is 9.62. The number of rotatable bonds is 2. The number of ether oxygens (including phenoxy) is 1. The zero-order valence-corrected chi connectivity index (χ0v) is 15.7. The van der Waals surface area contributed by atoms with Gasteiger partial charge in [-0.2, -0.15) is 0 Å². The van der Waals surface area contributed by atoms with E-state index < -0.39 is 0 Å². The molecule has 5 rings (SSSR count). The van der Waals surface area contributed by atoms with E-state index in [1.807, 2.05) is 0 Å². The number of likely N-dealkylation sites (tertiary alicyclic amines) is 1. The zero-order chi connectivity index (χ0) is 18.3. The highest BCUT2D eigenvalue weighted by atomic mass is 16.6. The molecule has 26 heavy (non-hydrogen) atoms. The van der Waals surface area contributed by atoms with E-state index >= 15 is 0 Å². The van der Waals surface area contributed by atoms with Gasteiger partial charge in [0.1, 0.15) is 6.61 Å². The fourth-order valence-electron chi connectivity index (χ4n) is 5.67. The van der Waals surface area contributed by atoms with Crippen molar-refractivity contribution in [3.63, 3.8) is 0 Å². The van der Waals surface area contributed by atoms with Gasteiger partial charge in [-0.05, 0) is 60.6 Å². The summed E-state index contributed by atoms with van der Waals surface area (Å²) in [4.78, 5) is 26.2. The van der Waals surface area contributed by atoms with Gasteiger partial charge < -0.3 is 15.0 Å². The molecule has 0 radical (unpaired) electrons. The molecule has 1 aromatic rings. The number of nitrogens with zero attached hydrogens (tertiary/aromatic N) is 1. The number of cyclic esters (lactones) is 1. The minimum absolute atomic E-state index is 0.0400. The van der Waals surface area contributed by atoms with Gasteiger partial charge in [0.15, 0.2) is 0 Å². The fraction of sp³-hybridized carbons (Fsp3) is 0.619. The van der Waals surface area contributed by atoms with E-state index in [1.165, 1.54) is 16.7 Å². The number of piperidine rings is 1. The van der Waals surface area contributed by atoms with Crippen LogP contribution in [0.4, 0.5) is 4.79 Å². The van der Waals surface area contributed by atoms with Crippen molar-refractivity contribution >= 4 is 12.0 Å². The second-order valence-electron chi connectivity index (χ2n) is 9.24. The van der Waals surface area contributed by atoms with Crippen LogP contribution in [0.1, 0.15) is 42.4 Å². The van der Waals surface area contributed by atoms with Crippen molar-refractivity contribution in [3.05, 3.63) is 34.9 Å². The number of aryl methyl sites for hydroxylation is 2. The molecule has 2 amide bonds. The molecule has 4 fully saturated rings. The first kappa shape index (κ1) is 16.2. The second-order valence-corrected chi connectivity index (χ2v) is 9.24. The highest BCUT2D eigenvalue weighted by molar-refractivity contribution is 5.82. The van der Waals surface area contributed by atoms with E-state index in [0.29, 0.717) is 18.4 Å². The molecule has 2 saturated heterocycles. The van der Waals surface area contributed by atoms with Gasteiger partial charge in [0, 0.05) is 19.0 Å². The third-order valence-corrected chi connectivity index (χ3v) is 7.47. The first-order valence-corrected chi connectivity index (χ1v) is 9.62. The molecule has 1 N–H and O–H groups in total. The molecule has 3 atom stereocenters. The summed E-state index contributed by atoms with van der Waals surface area (Å²) in [6.07, 6.45) is 1.09. The summed E-state index contributed by atoms with van der Waals surface area (Å²) in [5, 5.41) is 2.87. The molecule has 1 spiro atoms. The average molecular weight is 354 g/mol. The van der Waals surface area contributed by atoms with Crippen LogP contribution in [0.2, 0.25) is 0 Å². The molecule has 5 heteroatoms. The summed E-state index contributed by atoms with van der Waals surface area (Å²) in [7, 11) is 0. The van der Waals surface area contributed by atoms with Gasteiger partial charge in [0.2, 0.25) is 5.91 Å². The Balaban J connectivity index is 1.22. The van der Waals surface area contributed by atoms with Crippen LogP contribution in [0.5, 0.6) is 0 Å². The Morgan fingerprint density at radius 1 is 1.27 bits per heavy atom. The Morgan fingerprint density at radius 2 is 2.04 bits per heavy atom. The lowest BCUT2D eigenvalue weighted by Gasteiger charge is -2.43. The monoisotopic (exact) mass is 354 g/mol. The van der Waals surface area contributed by atoms with Crippen LogP contribution in [0, 0.1) is 31.1 Å². The number of hydrogen-bond acceptors (Lipinski definition) is 3. The SMILES string of the molecule is Cc1ccc([C@H]2[C@@H]3CN(C(=O)[C@H]4C[C@]5(COC(=O)N5)C4)C[C@@]32C)cc1C. The van der Waals surface area contributed by atoms with Gasteiger partial charge in [-0.15, -0.1) is 0 Å². The molecular weight excluding hydrogens is 328 g/mol. The van der Waals surface area contributed by atoms with Gasteiger partial charge in [-0.3, -0.25) is 4.79 Å². The van der Waals surface area contributed by atoms with Crippen molar-refractivity contribution in [3.8, 4) is 0 Å². The Bertz CT molecular complexity index is 813. The Labute approximate surface area is 154 Å². The molecule has 138 valence electrons. The quantitative estimate of drug-likeness (QED) is 0.888. The van der Waals surface area contributed by atoms with Crippen LogP contribution in [0.25, 0.3) is 0 Å². The number of benzene rings is 1. The molecule has 1 aromatic carbocycles. The van der Waals surface area contributed by atoms with Crippen LogP contribution in [0.15, 0.2) is 18.2 Å². The largest absolute Gasteiger partial charge is 0.447 e. The fourth-order valence-corrected chi connectivity index (χ4v) is 5.67. The van der Waals surface area contributed by atoms with Crippen molar-refractivity contribution < 1.29 is 14.3 Å². The van der Waals surface area contributed by atoms with Crippen molar-refractivity contribution in [2.45, 2.75) is 45.1 Å². The van der Waals surface area contributed by atoms with Crippen LogP contribution in [-0.2, 0) is 9.53 Å². The van der Waals surface area contributed by atoms with E-state index in [-0.39, 0.29) is 28.9 Å². The smallest absolute Gasteiger partial charge is 0.407 e. The van der Waals surface area contributed by atoms with Crippen molar-refractivity contribution in [1.29, 1.82) is 0 Å². The maximum atomic E-state index is 12.9. The minimum Gasteiger partial charge on any atom is -0.447 e. The maximum absolute atomic E-state index is 12.9. The second kappa shape index (κ2) is 5.02. The lowest BCUT2D eigenvalue weighted by molar-refractivity contribution is -0.140. The summed E-state index contributed by atoms with van der Waals surface area (Å²) >= 11 is 0. The molecular formula is C21H26N2O3. The molecule has 4 aliphatic rings.